The summed E-state index contributed by atoms with van der Waals surface area (Å²) >= 11 is 1.46. The molecule has 0 N–H and O–H groups in total. The second kappa shape index (κ2) is 9.08. The van der Waals surface area contributed by atoms with E-state index in [9.17, 15) is 9.59 Å². The Balaban J connectivity index is 1.21. The average molecular weight is 449 g/mol. The molecule has 1 aromatic carbocycles. The number of thiazole rings is 1. The van der Waals surface area contributed by atoms with Crippen molar-refractivity contribution >= 4 is 23.3 Å². The number of amides is 2. The van der Waals surface area contributed by atoms with Crippen molar-refractivity contribution in [3.05, 3.63) is 71.5 Å². The van der Waals surface area contributed by atoms with Gasteiger partial charge in [0.25, 0.3) is 5.91 Å². The van der Waals surface area contributed by atoms with E-state index in [0.717, 1.165) is 29.8 Å². The zero-order valence-corrected chi connectivity index (χ0v) is 18.4. The van der Waals surface area contributed by atoms with E-state index in [1.54, 1.807) is 12.4 Å². The topological polar surface area (TPSA) is 75.6 Å². The number of pyridine rings is 1. The lowest BCUT2D eigenvalue weighted by molar-refractivity contribution is 0.0632. The molecule has 2 fully saturated rings. The van der Waals surface area contributed by atoms with E-state index in [4.69, 9.17) is 4.74 Å². The predicted molar refractivity (Wildman–Crippen MR) is 121 cm³/mol. The van der Waals surface area contributed by atoms with Gasteiger partial charge < -0.3 is 9.64 Å². The Kier molecular flexibility index (Phi) is 5.85. The minimum atomic E-state index is -0.239. The van der Waals surface area contributed by atoms with Gasteiger partial charge in [0.1, 0.15) is 17.3 Å². The first-order valence-corrected chi connectivity index (χ1v) is 11.7. The minimum Gasteiger partial charge on any atom is -0.447 e. The van der Waals surface area contributed by atoms with Crippen molar-refractivity contribution in [2.45, 2.75) is 31.3 Å². The summed E-state index contributed by atoms with van der Waals surface area (Å²) in [4.78, 5) is 37.8. The highest BCUT2D eigenvalue weighted by molar-refractivity contribution is 7.13. The number of piperidine rings is 1. The number of hydrogen-bond donors (Lipinski definition) is 0. The average Bonchev–Trinajstić information content (AvgIpc) is 3.47. The molecule has 8 heteroatoms. The fourth-order valence-corrected chi connectivity index (χ4v) is 5.27. The summed E-state index contributed by atoms with van der Waals surface area (Å²) in [6, 6.07) is 14.1. The largest absolute Gasteiger partial charge is 0.447 e. The monoisotopic (exact) mass is 448 g/mol. The van der Waals surface area contributed by atoms with Crippen molar-refractivity contribution in [2.24, 2.45) is 0 Å². The van der Waals surface area contributed by atoms with Gasteiger partial charge in [0, 0.05) is 42.5 Å². The van der Waals surface area contributed by atoms with Crippen LogP contribution < -0.4 is 0 Å². The predicted octanol–water partition coefficient (Wildman–Crippen LogP) is 3.87. The van der Waals surface area contributed by atoms with Gasteiger partial charge in [0.05, 0.1) is 6.04 Å². The summed E-state index contributed by atoms with van der Waals surface area (Å²) in [5.74, 6) is -0.0511. The van der Waals surface area contributed by atoms with E-state index in [0.29, 0.717) is 25.4 Å². The third kappa shape index (κ3) is 4.23. The highest BCUT2D eigenvalue weighted by Gasteiger charge is 2.40. The molecule has 1 atom stereocenters. The van der Waals surface area contributed by atoms with Crippen LogP contribution in [0.1, 0.15) is 28.9 Å². The van der Waals surface area contributed by atoms with Gasteiger partial charge in [-0.25, -0.2) is 9.78 Å². The van der Waals surface area contributed by atoms with Crippen molar-refractivity contribution in [1.29, 1.82) is 0 Å². The molecule has 0 unspecified atom stereocenters. The normalized spacial score (nSPS) is 19.2. The van der Waals surface area contributed by atoms with Crippen LogP contribution in [0.2, 0.25) is 0 Å². The maximum Gasteiger partial charge on any atom is 0.410 e. The maximum atomic E-state index is 13.0. The Morgan fingerprint density at radius 3 is 2.59 bits per heavy atom. The molecule has 2 aromatic heterocycles. The van der Waals surface area contributed by atoms with Crippen LogP contribution in [0.5, 0.6) is 0 Å². The van der Waals surface area contributed by atoms with Crippen LogP contribution in [-0.4, -0.2) is 63.5 Å². The van der Waals surface area contributed by atoms with E-state index >= 15 is 0 Å². The summed E-state index contributed by atoms with van der Waals surface area (Å²) in [5.41, 5.74) is 2.63. The van der Waals surface area contributed by atoms with E-state index in [-0.39, 0.29) is 24.1 Å². The van der Waals surface area contributed by atoms with Crippen LogP contribution in [0.4, 0.5) is 4.79 Å². The SMILES string of the molecule is O=C(c1csc(-c2ccncc2)n1)N1CCC(N2C(=O)OC[C@H]2Cc2ccccc2)CC1. The van der Waals surface area contributed by atoms with Crippen LogP contribution in [0.3, 0.4) is 0 Å². The molecular formula is C24H24N4O3S. The fraction of sp³-hybridized carbons (Fsp3) is 0.333. The molecule has 0 bridgehead atoms. The summed E-state index contributed by atoms with van der Waals surface area (Å²) in [5, 5.41) is 2.63. The summed E-state index contributed by atoms with van der Waals surface area (Å²) in [6.45, 7) is 1.63. The van der Waals surface area contributed by atoms with E-state index in [1.165, 1.54) is 16.9 Å². The number of benzene rings is 1. The number of aromatic nitrogens is 2. The molecule has 164 valence electrons. The molecule has 2 aliphatic rings. The van der Waals surface area contributed by atoms with Gasteiger partial charge in [-0.05, 0) is 37.0 Å². The molecule has 0 radical (unpaired) electrons. The number of rotatable bonds is 5. The zero-order valence-electron chi connectivity index (χ0n) is 17.6. The zero-order chi connectivity index (χ0) is 21.9. The van der Waals surface area contributed by atoms with E-state index < -0.39 is 0 Å². The molecule has 32 heavy (non-hydrogen) atoms. The number of nitrogens with zero attached hydrogens (tertiary/aromatic N) is 4. The van der Waals surface area contributed by atoms with Crippen molar-refractivity contribution in [2.75, 3.05) is 19.7 Å². The molecule has 2 amide bonds. The summed E-state index contributed by atoms with van der Waals surface area (Å²) in [7, 11) is 0. The molecule has 3 aromatic rings. The van der Waals surface area contributed by atoms with Crippen LogP contribution in [0.15, 0.2) is 60.2 Å². The second-order valence-corrected chi connectivity index (χ2v) is 8.98. The molecule has 4 heterocycles. The molecular weight excluding hydrogens is 424 g/mol. The molecule has 7 nitrogen and oxygen atoms in total. The number of cyclic esters (lactones) is 1. The lowest BCUT2D eigenvalue weighted by Gasteiger charge is -2.37. The van der Waals surface area contributed by atoms with Crippen LogP contribution in [0, 0.1) is 0 Å². The van der Waals surface area contributed by atoms with Crippen molar-refractivity contribution < 1.29 is 14.3 Å². The Bertz CT molecular complexity index is 1080. The number of likely N-dealkylation sites (tertiary alicyclic amines) is 1. The van der Waals surface area contributed by atoms with Gasteiger partial charge >= 0.3 is 6.09 Å². The van der Waals surface area contributed by atoms with Gasteiger partial charge in [-0.2, -0.15) is 0 Å². The molecule has 0 aliphatic carbocycles. The van der Waals surface area contributed by atoms with Gasteiger partial charge in [-0.15, -0.1) is 11.3 Å². The first-order valence-electron chi connectivity index (χ1n) is 10.8. The highest BCUT2D eigenvalue weighted by atomic mass is 32.1. The lowest BCUT2D eigenvalue weighted by atomic mass is 9.99. The van der Waals surface area contributed by atoms with Crippen molar-refractivity contribution in [3.63, 3.8) is 0 Å². The van der Waals surface area contributed by atoms with Crippen molar-refractivity contribution in [3.8, 4) is 10.6 Å². The first-order chi connectivity index (χ1) is 15.7. The van der Waals surface area contributed by atoms with Gasteiger partial charge in [0.2, 0.25) is 0 Å². The number of ether oxygens (including phenoxy) is 1. The molecule has 5 rings (SSSR count). The Morgan fingerprint density at radius 1 is 1.09 bits per heavy atom. The quantitative estimate of drug-likeness (QED) is 0.592. The third-order valence-electron chi connectivity index (χ3n) is 6.11. The lowest BCUT2D eigenvalue weighted by Crippen LogP contribution is -2.50. The van der Waals surface area contributed by atoms with Gasteiger partial charge in [-0.1, -0.05) is 30.3 Å². The van der Waals surface area contributed by atoms with Gasteiger partial charge in [-0.3, -0.25) is 14.7 Å². The van der Waals surface area contributed by atoms with E-state index in [2.05, 4.69) is 22.1 Å². The summed E-state index contributed by atoms with van der Waals surface area (Å²) in [6.07, 6.45) is 5.47. The number of carbonyl (C=O) groups excluding carboxylic acids is 2. The van der Waals surface area contributed by atoms with Crippen LogP contribution in [-0.2, 0) is 11.2 Å². The number of carbonyl (C=O) groups is 2. The van der Waals surface area contributed by atoms with Crippen molar-refractivity contribution in [1.82, 2.24) is 19.8 Å². The Hall–Kier alpha value is -3.26. The molecule has 2 saturated heterocycles. The highest BCUT2D eigenvalue weighted by Crippen LogP contribution is 2.28. The minimum absolute atomic E-state index is 0.0404. The van der Waals surface area contributed by atoms with Gasteiger partial charge in [0.15, 0.2) is 0 Å². The Labute approximate surface area is 190 Å². The fourth-order valence-electron chi connectivity index (χ4n) is 4.47. The van der Waals surface area contributed by atoms with E-state index in [1.807, 2.05) is 45.5 Å². The Morgan fingerprint density at radius 2 is 1.84 bits per heavy atom. The standard InChI is InChI=1S/C24H24N4O3S/c29-23(21-16-32-22(26-21)18-6-10-25-11-7-18)27-12-8-19(9-13-27)28-20(15-31-24(28)30)14-17-4-2-1-3-5-17/h1-7,10-11,16,19-20H,8-9,12-15H2/t20-/m1/s1. The number of hydrogen-bond acceptors (Lipinski definition) is 6. The first kappa shape index (κ1) is 20.6. The molecule has 2 aliphatic heterocycles. The molecule has 0 spiro atoms. The third-order valence-corrected chi connectivity index (χ3v) is 7.00. The van der Waals surface area contributed by atoms with Crippen LogP contribution >= 0.6 is 11.3 Å². The smallest absolute Gasteiger partial charge is 0.410 e. The second-order valence-electron chi connectivity index (χ2n) is 8.12. The van der Waals surface area contributed by atoms with Crippen LogP contribution in [0.25, 0.3) is 10.6 Å². The molecule has 0 saturated carbocycles. The summed E-state index contributed by atoms with van der Waals surface area (Å²) < 4.78 is 5.39. The maximum absolute atomic E-state index is 13.0.